The summed E-state index contributed by atoms with van der Waals surface area (Å²) in [4.78, 5) is 29.0. The second kappa shape index (κ2) is 12.4. The molecule has 3 rings (SSSR count). The van der Waals surface area contributed by atoms with Crippen LogP contribution >= 0.6 is 23.2 Å². The minimum atomic E-state index is -0.688. The molecule has 3 aromatic carbocycles. The Morgan fingerprint density at radius 3 is 2.11 bits per heavy atom. The second-order valence-corrected chi connectivity index (χ2v) is 11.0. The molecule has 0 aliphatic rings. The fourth-order valence-electron chi connectivity index (χ4n) is 3.99. The van der Waals surface area contributed by atoms with Crippen LogP contribution in [0.15, 0.2) is 72.8 Å². The average Bonchev–Trinajstić information content (AvgIpc) is 2.82. The molecule has 1 atom stereocenters. The number of hydrogen-bond acceptors (Lipinski definition) is 2. The first-order valence-corrected chi connectivity index (χ1v) is 12.9. The van der Waals surface area contributed by atoms with Crippen molar-refractivity contribution < 1.29 is 9.59 Å². The smallest absolute Gasteiger partial charge is 0.243 e. The molecule has 0 bridgehead atoms. The number of carbonyl (C=O) groups is 2. The van der Waals surface area contributed by atoms with Gasteiger partial charge in [0.2, 0.25) is 11.8 Å². The second-order valence-electron chi connectivity index (χ2n) is 10.2. The molecule has 0 aromatic heterocycles. The van der Waals surface area contributed by atoms with Gasteiger partial charge in [0.1, 0.15) is 6.04 Å². The molecular weight excluding hydrogens is 491 g/mol. The number of halogens is 2. The maximum Gasteiger partial charge on any atom is 0.243 e. The Hall–Kier alpha value is -2.82. The van der Waals surface area contributed by atoms with E-state index in [0.717, 1.165) is 16.7 Å². The maximum atomic E-state index is 13.7. The van der Waals surface area contributed by atoms with Gasteiger partial charge in [-0.2, -0.15) is 0 Å². The molecule has 0 unspecified atom stereocenters. The zero-order valence-electron chi connectivity index (χ0n) is 21.4. The van der Waals surface area contributed by atoms with Gasteiger partial charge in [0.05, 0.1) is 10.0 Å². The van der Waals surface area contributed by atoms with E-state index in [1.54, 1.807) is 17.0 Å². The lowest BCUT2D eigenvalue weighted by atomic mass is 9.99. The van der Waals surface area contributed by atoms with Crippen molar-refractivity contribution in [2.24, 2.45) is 0 Å². The highest BCUT2D eigenvalue weighted by atomic mass is 35.5. The zero-order valence-corrected chi connectivity index (χ0v) is 22.9. The summed E-state index contributed by atoms with van der Waals surface area (Å²) in [5.41, 5.74) is 3.62. The van der Waals surface area contributed by atoms with Gasteiger partial charge in [-0.25, -0.2) is 0 Å². The molecule has 0 radical (unpaired) electrons. The highest BCUT2D eigenvalue weighted by molar-refractivity contribution is 6.42. The number of hydrogen-bond donors (Lipinski definition) is 1. The standard InChI is InChI=1S/C30H34Cl2N2O2/c1-21-10-12-22(13-11-21)15-17-28(35)34(20-24-14-16-25(31)26(32)18-24)27(29(36)33-30(2,3)4)19-23-8-6-5-7-9-23/h5-14,16,18,27H,15,17,19-20H2,1-4H3,(H,33,36)/t27-/m0/s1. The molecule has 0 heterocycles. The number of nitrogens with zero attached hydrogens (tertiary/aromatic N) is 1. The highest BCUT2D eigenvalue weighted by Crippen LogP contribution is 2.25. The van der Waals surface area contributed by atoms with Crippen molar-refractivity contribution in [2.45, 2.75) is 65.1 Å². The van der Waals surface area contributed by atoms with E-state index < -0.39 is 11.6 Å². The van der Waals surface area contributed by atoms with Gasteiger partial charge in [-0.1, -0.05) is 89.4 Å². The fraction of sp³-hybridized carbons (Fsp3) is 0.333. The average molecular weight is 526 g/mol. The zero-order chi connectivity index (χ0) is 26.3. The van der Waals surface area contributed by atoms with Crippen LogP contribution in [0.3, 0.4) is 0 Å². The van der Waals surface area contributed by atoms with Crippen LogP contribution in [0.2, 0.25) is 10.0 Å². The summed E-state index contributed by atoms with van der Waals surface area (Å²) < 4.78 is 0. The van der Waals surface area contributed by atoms with Gasteiger partial charge in [0.25, 0.3) is 0 Å². The SMILES string of the molecule is Cc1ccc(CCC(=O)N(Cc2ccc(Cl)c(Cl)c2)[C@@H](Cc2ccccc2)C(=O)NC(C)(C)C)cc1. The van der Waals surface area contributed by atoms with E-state index in [1.807, 2.05) is 88.4 Å². The van der Waals surface area contributed by atoms with E-state index in [-0.39, 0.29) is 18.4 Å². The van der Waals surface area contributed by atoms with Crippen molar-refractivity contribution in [1.29, 1.82) is 0 Å². The summed E-state index contributed by atoms with van der Waals surface area (Å²) in [6.07, 6.45) is 1.29. The number of aryl methyl sites for hydroxylation is 2. The Morgan fingerprint density at radius 2 is 1.50 bits per heavy atom. The number of carbonyl (C=O) groups excluding carboxylic acids is 2. The van der Waals surface area contributed by atoms with Crippen LogP contribution in [0.5, 0.6) is 0 Å². The fourth-order valence-corrected chi connectivity index (χ4v) is 4.31. The van der Waals surface area contributed by atoms with Gasteiger partial charge in [-0.15, -0.1) is 0 Å². The van der Waals surface area contributed by atoms with Gasteiger partial charge >= 0.3 is 0 Å². The highest BCUT2D eigenvalue weighted by Gasteiger charge is 2.32. The lowest BCUT2D eigenvalue weighted by Gasteiger charge is -2.34. The summed E-state index contributed by atoms with van der Waals surface area (Å²) in [6, 6.07) is 22.6. The molecule has 36 heavy (non-hydrogen) atoms. The molecular formula is C30H34Cl2N2O2. The first-order valence-electron chi connectivity index (χ1n) is 12.2. The van der Waals surface area contributed by atoms with Gasteiger partial charge in [0, 0.05) is 24.9 Å². The molecule has 190 valence electrons. The monoisotopic (exact) mass is 524 g/mol. The third-order valence-electron chi connectivity index (χ3n) is 5.85. The predicted molar refractivity (Wildman–Crippen MR) is 148 cm³/mol. The summed E-state index contributed by atoms with van der Waals surface area (Å²) in [6.45, 7) is 8.10. The molecule has 3 aromatic rings. The molecule has 0 fully saturated rings. The van der Waals surface area contributed by atoms with Crippen molar-refractivity contribution in [1.82, 2.24) is 10.2 Å². The van der Waals surface area contributed by atoms with Crippen molar-refractivity contribution in [3.05, 3.63) is 105 Å². The number of benzene rings is 3. The summed E-state index contributed by atoms with van der Waals surface area (Å²) >= 11 is 12.4. The molecule has 2 amide bonds. The molecule has 6 heteroatoms. The number of rotatable bonds is 9. The van der Waals surface area contributed by atoms with E-state index in [4.69, 9.17) is 23.2 Å². The Bertz CT molecular complexity index is 1170. The molecule has 0 spiro atoms. The third kappa shape index (κ3) is 8.39. The normalized spacial score (nSPS) is 12.2. The molecule has 0 aliphatic carbocycles. The summed E-state index contributed by atoms with van der Waals surface area (Å²) in [5, 5.41) is 3.95. The predicted octanol–water partition coefficient (Wildman–Crippen LogP) is 6.79. The largest absolute Gasteiger partial charge is 0.350 e. The van der Waals surface area contributed by atoms with Crippen molar-refractivity contribution in [3.8, 4) is 0 Å². The number of nitrogens with one attached hydrogen (secondary N) is 1. The first kappa shape index (κ1) is 27.8. The maximum absolute atomic E-state index is 13.7. The van der Waals surface area contributed by atoms with E-state index in [1.165, 1.54) is 5.56 Å². The van der Waals surface area contributed by atoms with Crippen LogP contribution in [0.25, 0.3) is 0 Å². The van der Waals surface area contributed by atoms with E-state index in [9.17, 15) is 9.59 Å². The minimum Gasteiger partial charge on any atom is -0.350 e. The van der Waals surface area contributed by atoms with Crippen LogP contribution in [0.1, 0.15) is 49.4 Å². The Balaban J connectivity index is 1.94. The van der Waals surface area contributed by atoms with Crippen molar-refractivity contribution in [3.63, 3.8) is 0 Å². The van der Waals surface area contributed by atoms with Crippen molar-refractivity contribution in [2.75, 3.05) is 0 Å². The lowest BCUT2D eigenvalue weighted by molar-refractivity contribution is -0.141. The van der Waals surface area contributed by atoms with Crippen LogP contribution in [-0.2, 0) is 29.0 Å². The first-order chi connectivity index (χ1) is 17.0. The minimum absolute atomic E-state index is 0.0911. The van der Waals surface area contributed by atoms with E-state index >= 15 is 0 Å². The quantitative estimate of drug-likeness (QED) is 0.335. The van der Waals surface area contributed by atoms with E-state index in [2.05, 4.69) is 5.32 Å². The van der Waals surface area contributed by atoms with Gasteiger partial charge in [-0.05, 0) is 62.9 Å². The Morgan fingerprint density at radius 1 is 0.861 bits per heavy atom. The Labute approximate surface area is 224 Å². The van der Waals surface area contributed by atoms with Crippen LogP contribution in [0.4, 0.5) is 0 Å². The van der Waals surface area contributed by atoms with Gasteiger partial charge in [-0.3, -0.25) is 9.59 Å². The van der Waals surface area contributed by atoms with Gasteiger partial charge in [0.15, 0.2) is 0 Å². The van der Waals surface area contributed by atoms with E-state index in [0.29, 0.717) is 29.3 Å². The lowest BCUT2D eigenvalue weighted by Crippen LogP contribution is -2.54. The summed E-state index contributed by atoms with van der Waals surface area (Å²) in [7, 11) is 0. The third-order valence-corrected chi connectivity index (χ3v) is 6.59. The molecule has 1 N–H and O–H groups in total. The van der Waals surface area contributed by atoms with Gasteiger partial charge < -0.3 is 10.2 Å². The van der Waals surface area contributed by atoms with Crippen molar-refractivity contribution >= 4 is 35.0 Å². The van der Waals surface area contributed by atoms with Crippen LogP contribution in [-0.4, -0.2) is 28.3 Å². The molecule has 0 saturated heterocycles. The number of amides is 2. The summed E-state index contributed by atoms with van der Waals surface area (Å²) in [5.74, 6) is -0.276. The molecule has 4 nitrogen and oxygen atoms in total. The van der Waals surface area contributed by atoms with Crippen LogP contribution < -0.4 is 5.32 Å². The molecule has 0 saturated carbocycles. The topological polar surface area (TPSA) is 49.4 Å². The Kier molecular flexibility index (Phi) is 9.58. The van der Waals surface area contributed by atoms with Crippen LogP contribution in [0, 0.1) is 6.92 Å². The molecule has 0 aliphatic heterocycles.